The lowest BCUT2D eigenvalue weighted by molar-refractivity contribution is -0.140. The van der Waals surface area contributed by atoms with Crippen LogP contribution in [0.3, 0.4) is 0 Å². The number of nitriles is 1. The van der Waals surface area contributed by atoms with Crippen LogP contribution >= 0.6 is 0 Å². The highest BCUT2D eigenvalue weighted by atomic mass is 16.5. The standard InChI is InChI=1S/C23H24BN3O2/c1-16(18-7-5-4-6-8-18)26-20-11-9-19(10-12-20)17(2)27-21-13-22(23(28)29-3)24(14-21)15-25/h4-12,21-22,26-27H,1-2,13-14H2,3H3. The van der Waals surface area contributed by atoms with Gasteiger partial charge in [0.05, 0.1) is 12.9 Å². The van der Waals surface area contributed by atoms with Crippen molar-refractivity contribution in [1.29, 1.82) is 5.26 Å². The van der Waals surface area contributed by atoms with Gasteiger partial charge in [0.2, 0.25) is 0 Å². The fourth-order valence-corrected chi connectivity index (χ4v) is 3.68. The van der Waals surface area contributed by atoms with Crippen LogP contribution in [-0.4, -0.2) is 25.8 Å². The van der Waals surface area contributed by atoms with E-state index in [1.807, 2.05) is 54.6 Å². The predicted molar refractivity (Wildman–Crippen MR) is 118 cm³/mol. The van der Waals surface area contributed by atoms with Crippen molar-refractivity contribution in [3.8, 4) is 5.97 Å². The average molecular weight is 385 g/mol. The molecule has 0 aromatic heterocycles. The van der Waals surface area contributed by atoms with Crippen molar-refractivity contribution >= 4 is 29.8 Å². The van der Waals surface area contributed by atoms with Gasteiger partial charge in [-0.15, -0.1) is 0 Å². The fourth-order valence-electron chi connectivity index (χ4n) is 3.68. The van der Waals surface area contributed by atoms with Crippen LogP contribution in [0.4, 0.5) is 5.69 Å². The normalized spacial score (nSPS) is 17.9. The second-order valence-corrected chi connectivity index (χ2v) is 7.20. The van der Waals surface area contributed by atoms with E-state index in [9.17, 15) is 10.1 Å². The molecule has 6 heteroatoms. The van der Waals surface area contributed by atoms with Crippen LogP contribution in [0, 0.1) is 11.2 Å². The summed E-state index contributed by atoms with van der Waals surface area (Å²) in [5, 5.41) is 16.0. The van der Waals surface area contributed by atoms with Crippen LogP contribution in [0.15, 0.2) is 67.8 Å². The molecule has 0 amide bonds. The maximum absolute atomic E-state index is 11.9. The molecular formula is C23H24BN3O2. The lowest BCUT2D eigenvalue weighted by Crippen LogP contribution is -2.24. The molecule has 1 aliphatic rings. The van der Waals surface area contributed by atoms with E-state index < -0.39 is 0 Å². The Hall–Kier alpha value is -3.46. The predicted octanol–water partition coefficient (Wildman–Crippen LogP) is 4.20. The Bertz CT molecular complexity index is 935. The zero-order valence-electron chi connectivity index (χ0n) is 16.5. The Labute approximate surface area is 172 Å². The summed E-state index contributed by atoms with van der Waals surface area (Å²) in [6.45, 7) is 7.87. The minimum Gasteiger partial charge on any atom is -0.469 e. The highest BCUT2D eigenvalue weighted by Gasteiger charge is 2.43. The van der Waals surface area contributed by atoms with Gasteiger partial charge in [0.15, 0.2) is 0 Å². The summed E-state index contributed by atoms with van der Waals surface area (Å²) in [6.07, 6.45) is 1.17. The summed E-state index contributed by atoms with van der Waals surface area (Å²) in [5.41, 5.74) is 4.53. The molecule has 1 saturated heterocycles. The van der Waals surface area contributed by atoms with Crippen molar-refractivity contribution in [1.82, 2.24) is 5.32 Å². The maximum Gasteiger partial charge on any atom is 0.302 e. The molecule has 3 rings (SSSR count). The number of carbonyl (C=O) groups excluding carboxylic acids is 1. The molecule has 2 atom stereocenters. The summed E-state index contributed by atoms with van der Waals surface area (Å²) in [4.78, 5) is 11.9. The SMILES string of the molecule is C=C(Nc1ccc(C(=C)NC2CB(C#N)C(C(=O)OC)C2)cc1)c1ccccc1. The first-order chi connectivity index (χ1) is 14.0. The molecule has 1 fully saturated rings. The van der Waals surface area contributed by atoms with Gasteiger partial charge < -0.3 is 15.4 Å². The van der Waals surface area contributed by atoms with E-state index >= 15 is 0 Å². The third kappa shape index (κ3) is 4.88. The van der Waals surface area contributed by atoms with E-state index in [1.54, 1.807) is 0 Å². The molecule has 5 nitrogen and oxygen atoms in total. The number of carbonyl (C=O) groups is 1. The summed E-state index contributed by atoms with van der Waals surface area (Å²) in [6, 6.07) is 17.9. The van der Waals surface area contributed by atoms with Crippen LogP contribution in [-0.2, 0) is 9.53 Å². The fraction of sp³-hybridized carbons (Fsp3) is 0.217. The Morgan fingerprint density at radius 1 is 1.10 bits per heavy atom. The van der Waals surface area contributed by atoms with E-state index in [1.165, 1.54) is 7.11 Å². The van der Waals surface area contributed by atoms with Crippen molar-refractivity contribution in [3.05, 3.63) is 78.9 Å². The first-order valence-electron chi connectivity index (χ1n) is 9.56. The van der Waals surface area contributed by atoms with Crippen molar-refractivity contribution in [2.24, 2.45) is 0 Å². The van der Waals surface area contributed by atoms with Gasteiger partial charge in [0, 0.05) is 29.1 Å². The number of esters is 1. The smallest absolute Gasteiger partial charge is 0.302 e. The van der Waals surface area contributed by atoms with Crippen LogP contribution in [0.25, 0.3) is 11.4 Å². The van der Waals surface area contributed by atoms with E-state index in [-0.39, 0.29) is 24.5 Å². The Balaban J connectivity index is 1.59. The van der Waals surface area contributed by atoms with Gasteiger partial charge in [0.1, 0.15) is 0 Å². The molecule has 0 aliphatic carbocycles. The summed E-state index contributed by atoms with van der Waals surface area (Å²) >= 11 is 0. The molecule has 0 bridgehead atoms. The number of anilines is 1. The average Bonchev–Trinajstić information content (AvgIpc) is 3.17. The Kier molecular flexibility index (Phi) is 6.41. The van der Waals surface area contributed by atoms with Crippen molar-refractivity contribution < 1.29 is 9.53 Å². The Morgan fingerprint density at radius 2 is 1.76 bits per heavy atom. The zero-order valence-corrected chi connectivity index (χ0v) is 16.5. The second kappa shape index (κ2) is 9.16. The van der Waals surface area contributed by atoms with E-state index in [0.29, 0.717) is 12.7 Å². The van der Waals surface area contributed by atoms with Crippen LogP contribution in [0.2, 0.25) is 12.1 Å². The first kappa shape index (κ1) is 20.3. The van der Waals surface area contributed by atoms with Gasteiger partial charge in [-0.25, -0.2) is 5.26 Å². The van der Waals surface area contributed by atoms with Gasteiger partial charge in [-0.05, 0) is 36.0 Å². The van der Waals surface area contributed by atoms with Crippen molar-refractivity contribution in [2.75, 3.05) is 12.4 Å². The minimum absolute atomic E-state index is 0.0203. The lowest BCUT2D eigenvalue weighted by Gasteiger charge is -2.17. The van der Waals surface area contributed by atoms with Gasteiger partial charge in [0.25, 0.3) is 6.71 Å². The highest BCUT2D eigenvalue weighted by molar-refractivity contribution is 6.72. The molecular weight excluding hydrogens is 361 g/mol. The molecule has 2 unspecified atom stereocenters. The number of ether oxygens (including phenoxy) is 1. The molecule has 2 N–H and O–H groups in total. The molecule has 0 radical (unpaired) electrons. The summed E-state index contributed by atoms with van der Waals surface area (Å²) in [5.74, 6) is 1.52. The van der Waals surface area contributed by atoms with Gasteiger partial charge in [-0.2, -0.15) is 0 Å². The van der Waals surface area contributed by atoms with Gasteiger partial charge >= 0.3 is 5.97 Å². The number of nitrogens with one attached hydrogen (secondary N) is 2. The number of rotatable bonds is 7. The third-order valence-electron chi connectivity index (χ3n) is 5.26. The number of benzene rings is 2. The zero-order chi connectivity index (χ0) is 20.8. The Morgan fingerprint density at radius 3 is 2.38 bits per heavy atom. The monoisotopic (exact) mass is 385 g/mol. The molecule has 29 heavy (non-hydrogen) atoms. The van der Waals surface area contributed by atoms with E-state index in [4.69, 9.17) is 4.74 Å². The molecule has 1 aliphatic heterocycles. The molecule has 0 spiro atoms. The number of nitrogens with zero attached hydrogens (tertiary/aromatic N) is 1. The van der Waals surface area contributed by atoms with Crippen LogP contribution in [0.1, 0.15) is 17.5 Å². The van der Waals surface area contributed by atoms with E-state index in [2.05, 4.69) is 29.8 Å². The summed E-state index contributed by atoms with van der Waals surface area (Å²) < 4.78 is 4.83. The third-order valence-corrected chi connectivity index (χ3v) is 5.26. The second-order valence-electron chi connectivity index (χ2n) is 7.20. The minimum atomic E-state index is -0.383. The molecule has 1 heterocycles. The number of methoxy groups -OCH3 is 1. The first-order valence-corrected chi connectivity index (χ1v) is 9.56. The molecule has 0 saturated carbocycles. The lowest BCUT2D eigenvalue weighted by atomic mass is 9.44. The largest absolute Gasteiger partial charge is 0.469 e. The molecule has 2 aromatic rings. The quantitative estimate of drug-likeness (QED) is 0.552. The summed E-state index contributed by atoms with van der Waals surface area (Å²) in [7, 11) is 1.36. The highest BCUT2D eigenvalue weighted by Crippen LogP contribution is 2.33. The molecule has 146 valence electrons. The van der Waals surface area contributed by atoms with Gasteiger partial charge in [-0.3, -0.25) is 4.79 Å². The van der Waals surface area contributed by atoms with Gasteiger partial charge in [-0.1, -0.05) is 55.6 Å². The molecule has 2 aromatic carbocycles. The maximum atomic E-state index is 11.9. The van der Waals surface area contributed by atoms with Crippen molar-refractivity contribution in [3.63, 3.8) is 0 Å². The van der Waals surface area contributed by atoms with Crippen LogP contribution in [0.5, 0.6) is 0 Å². The number of hydrogen-bond donors (Lipinski definition) is 2. The van der Waals surface area contributed by atoms with Crippen molar-refractivity contribution in [2.45, 2.75) is 24.6 Å². The van der Waals surface area contributed by atoms with Crippen LogP contribution < -0.4 is 10.6 Å². The topological polar surface area (TPSA) is 74.1 Å². The number of hydrogen-bond acceptors (Lipinski definition) is 5. The van der Waals surface area contributed by atoms with E-state index in [0.717, 1.165) is 28.2 Å².